The molecule has 5 rings (SSSR count). The van der Waals surface area contributed by atoms with Crippen molar-refractivity contribution in [3.05, 3.63) is 47.5 Å². The molecule has 0 aliphatic carbocycles. The Morgan fingerprint density at radius 2 is 2.00 bits per heavy atom. The van der Waals surface area contributed by atoms with Crippen LogP contribution in [0.3, 0.4) is 0 Å². The number of thiophene rings is 1. The van der Waals surface area contributed by atoms with Gasteiger partial charge in [-0.15, -0.1) is 11.3 Å². The molecule has 1 N–H and O–H groups in total. The number of fused-ring (bicyclic) bond motifs is 1. The van der Waals surface area contributed by atoms with Crippen molar-refractivity contribution in [2.45, 2.75) is 16.4 Å². The minimum atomic E-state index is -3.62. The molecule has 0 radical (unpaired) electrons. The lowest BCUT2D eigenvalue weighted by Crippen LogP contribution is -2.49. The third-order valence-corrected chi connectivity index (χ3v) is 10.7. The second-order valence-electron chi connectivity index (χ2n) is 8.52. The third-order valence-electron chi connectivity index (χ3n) is 6.31. The van der Waals surface area contributed by atoms with E-state index in [0.29, 0.717) is 15.1 Å². The Bertz CT molecular complexity index is 1330. The van der Waals surface area contributed by atoms with Crippen molar-refractivity contribution < 1.29 is 13.2 Å². The maximum atomic E-state index is 13.1. The van der Waals surface area contributed by atoms with Gasteiger partial charge < -0.3 is 9.88 Å². The van der Waals surface area contributed by atoms with E-state index in [-0.39, 0.29) is 5.91 Å². The van der Waals surface area contributed by atoms with E-state index in [4.69, 9.17) is 4.99 Å². The van der Waals surface area contributed by atoms with E-state index < -0.39 is 10.0 Å². The number of carbonyl (C=O) groups is 1. The van der Waals surface area contributed by atoms with E-state index in [1.54, 1.807) is 43.2 Å². The number of carbonyl (C=O) groups excluding carboxylic acids is 1. The van der Waals surface area contributed by atoms with Crippen LogP contribution in [-0.4, -0.2) is 85.7 Å². The van der Waals surface area contributed by atoms with Crippen LogP contribution in [0.25, 0.3) is 10.9 Å². The van der Waals surface area contributed by atoms with Crippen LogP contribution in [0.15, 0.2) is 51.0 Å². The number of nitrogens with zero attached hydrogens (tertiary/aromatic N) is 4. The molecule has 2 aromatic heterocycles. The summed E-state index contributed by atoms with van der Waals surface area (Å²) in [5.41, 5.74) is 2.31. The highest BCUT2D eigenvalue weighted by molar-refractivity contribution is 8.15. The molecule has 1 atom stereocenters. The van der Waals surface area contributed by atoms with E-state index in [2.05, 4.69) is 9.88 Å². The van der Waals surface area contributed by atoms with Gasteiger partial charge >= 0.3 is 0 Å². The van der Waals surface area contributed by atoms with E-state index in [9.17, 15) is 13.2 Å². The normalized spacial score (nSPS) is 19.5. The van der Waals surface area contributed by atoms with Gasteiger partial charge in [0.1, 0.15) is 9.25 Å². The molecule has 1 unspecified atom stereocenters. The van der Waals surface area contributed by atoms with Crippen LogP contribution < -0.4 is 4.31 Å². The van der Waals surface area contributed by atoms with Gasteiger partial charge in [0, 0.05) is 57.3 Å². The molecule has 3 aromatic rings. The van der Waals surface area contributed by atoms with Gasteiger partial charge in [0.15, 0.2) is 0 Å². The summed E-state index contributed by atoms with van der Waals surface area (Å²) in [6, 6.07) is 11.1. The first kappa shape index (κ1) is 23.4. The zero-order valence-corrected chi connectivity index (χ0v) is 21.5. The number of H-pyrrole nitrogens is 1. The van der Waals surface area contributed by atoms with Gasteiger partial charge in [-0.25, -0.2) is 8.42 Å². The smallest absolute Gasteiger partial charge is 0.273 e. The lowest BCUT2D eigenvalue weighted by atomic mass is 10.2. The SMILES string of the molecule is CC(=O)N1CCN(CC2CN=C(c3cc4cccc(N(C)S(=O)(=O)c5cccs5)c4[nH]3)S2)CC1. The highest BCUT2D eigenvalue weighted by Gasteiger charge is 2.28. The number of thioether (sulfide) groups is 1. The summed E-state index contributed by atoms with van der Waals surface area (Å²) in [5, 5.41) is 4.04. The number of amides is 1. The second-order valence-corrected chi connectivity index (χ2v) is 13.0. The zero-order chi connectivity index (χ0) is 23.9. The fraction of sp³-hybridized carbons (Fsp3) is 0.391. The monoisotopic (exact) mass is 517 g/mol. The number of rotatable bonds is 6. The van der Waals surface area contributed by atoms with Crippen molar-refractivity contribution in [1.29, 1.82) is 0 Å². The number of nitrogens with one attached hydrogen (secondary N) is 1. The predicted octanol–water partition coefficient (Wildman–Crippen LogP) is 3.08. The van der Waals surface area contributed by atoms with Crippen LogP contribution >= 0.6 is 23.1 Å². The molecule has 0 saturated carbocycles. The van der Waals surface area contributed by atoms with Gasteiger partial charge in [0.2, 0.25) is 5.91 Å². The molecule has 34 heavy (non-hydrogen) atoms. The Morgan fingerprint density at radius 1 is 1.21 bits per heavy atom. The van der Waals surface area contributed by atoms with Gasteiger partial charge in [-0.1, -0.05) is 30.0 Å². The van der Waals surface area contributed by atoms with Gasteiger partial charge in [0.25, 0.3) is 10.0 Å². The number of hydrogen-bond donors (Lipinski definition) is 1. The Morgan fingerprint density at radius 3 is 2.71 bits per heavy atom. The van der Waals surface area contributed by atoms with Gasteiger partial charge in [0.05, 0.1) is 23.4 Å². The Kier molecular flexibility index (Phi) is 6.45. The summed E-state index contributed by atoms with van der Waals surface area (Å²) in [5.74, 6) is 0.146. The lowest BCUT2D eigenvalue weighted by molar-refractivity contribution is -0.130. The average molecular weight is 518 g/mol. The summed E-state index contributed by atoms with van der Waals surface area (Å²) in [6.07, 6.45) is 0. The Balaban J connectivity index is 1.30. The number of aromatic nitrogens is 1. The van der Waals surface area contributed by atoms with Crippen molar-refractivity contribution in [1.82, 2.24) is 14.8 Å². The minimum absolute atomic E-state index is 0.146. The average Bonchev–Trinajstić information content (AvgIpc) is 3.59. The molecule has 1 fully saturated rings. The van der Waals surface area contributed by atoms with E-state index in [1.165, 1.54) is 15.6 Å². The molecule has 2 aliphatic heterocycles. The van der Waals surface area contributed by atoms with E-state index in [1.807, 2.05) is 29.2 Å². The summed E-state index contributed by atoms with van der Waals surface area (Å²) < 4.78 is 27.8. The lowest BCUT2D eigenvalue weighted by Gasteiger charge is -2.35. The zero-order valence-electron chi connectivity index (χ0n) is 19.1. The number of anilines is 1. The number of aromatic amines is 1. The van der Waals surface area contributed by atoms with E-state index in [0.717, 1.165) is 60.9 Å². The molecule has 1 aromatic carbocycles. The molecule has 4 heterocycles. The standard InChI is InChI=1S/C23H27N5O3S3/c1-16(29)28-10-8-27(9-11-28)15-18-14-24-23(33-18)19-13-17-5-3-6-20(22(17)25-19)26(2)34(30,31)21-7-4-12-32-21/h3-7,12-13,18,25H,8-11,14-15H2,1-2H3. The topological polar surface area (TPSA) is 89.1 Å². The summed E-state index contributed by atoms with van der Waals surface area (Å²) >= 11 is 2.98. The quantitative estimate of drug-likeness (QED) is 0.543. The van der Waals surface area contributed by atoms with Gasteiger partial charge in [-0.2, -0.15) is 0 Å². The Labute approximate surface area is 207 Å². The molecule has 8 nitrogen and oxygen atoms in total. The number of para-hydroxylation sites is 1. The summed E-state index contributed by atoms with van der Waals surface area (Å²) in [6.45, 7) is 6.68. The Hall–Kier alpha value is -2.34. The van der Waals surface area contributed by atoms with Crippen LogP contribution in [0.1, 0.15) is 12.6 Å². The fourth-order valence-corrected chi connectivity index (χ4v) is 7.89. The maximum absolute atomic E-state index is 13.1. The molecule has 0 bridgehead atoms. The third kappa shape index (κ3) is 4.49. The van der Waals surface area contributed by atoms with Crippen molar-refractivity contribution in [3.8, 4) is 0 Å². The fourth-order valence-electron chi connectivity index (χ4n) is 4.39. The molecule has 180 valence electrons. The number of aliphatic imine (C=N–C) groups is 1. The maximum Gasteiger partial charge on any atom is 0.273 e. The molecular formula is C23H27N5O3S3. The molecule has 2 aliphatic rings. The van der Waals surface area contributed by atoms with Crippen molar-refractivity contribution in [3.63, 3.8) is 0 Å². The van der Waals surface area contributed by atoms with E-state index >= 15 is 0 Å². The first-order valence-electron chi connectivity index (χ1n) is 11.2. The van der Waals surface area contributed by atoms with Gasteiger partial charge in [-0.3, -0.25) is 19.0 Å². The van der Waals surface area contributed by atoms with Crippen molar-refractivity contribution in [2.75, 3.05) is 50.6 Å². The predicted molar refractivity (Wildman–Crippen MR) is 140 cm³/mol. The summed E-state index contributed by atoms with van der Waals surface area (Å²) in [4.78, 5) is 24.1. The first-order valence-corrected chi connectivity index (χ1v) is 14.4. The molecular weight excluding hydrogens is 490 g/mol. The summed E-state index contributed by atoms with van der Waals surface area (Å²) in [7, 11) is -2.03. The number of piperazine rings is 1. The van der Waals surface area contributed by atoms with Crippen molar-refractivity contribution in [2.24, 2.45) is 4.99 Å². The molecule has 0 spiro atoms. The minimum Gasteiger partial charge on any atom is -0.351 e. The number of hydrogen-bond acceptors (Lipinski definition) is 7. The largest absolute Gasteiger partial charge is 0.351 e. The van der Waals surface area contributed by atoms with Crippen LogP contribution in [-0.2, 0) is 14.8 Å². The van der Waals surface area contributed by atoms with Crippen LogP contribution in [0.5, 0.6) is 0 Å². The molecule has 1 amide bonds. The van der Waals surface area contributed by atoms with Crippen molar-refractivity contribution >= 4 is 60.7 Å². The van der Waals surface area contributed by atoms with Crippen LogP contribution in [0.2, 0.25) is 0 Å². The molecule has 1 saturated heterocycles. The van der Waals surface area contributed by atoms with Crippen LogP contribution in [0, 0.1) is 0 Å². The van der Waals surface area contributed by atoms with Crippen LogP contribution in [0.4, 0.5) is 5.69 Å². The molecule has 11 heteroatoms. The first-order chi connectivity index (χ1) is 16.3. The second kappa shape index (κ2) is 9.37. The highest BCUT2D eigenvalue weighted by atomic mass is 32.2. The number of benzene rings is 1. The number of sulfonamides is 1. The van der Waals surface area contributed by atoms with Gasteiger partial charge in [-0.05, 0) is 23.6 Å². The highest BCUT2D eigenvalue weighted by Crippen LogP contribution is 2.34.